The number of para-hydroxylation sites is 1. The van der Waals surface area contributed by atoms with Gasteiger partial charge in [0.2, 0.25) is 5.91 Å². The molecule has 3 rings (SSSR count). The van der Waals surface area contributed by atoms with Crippen molar-refractivity contribution in [2.24, 2.45) is 0 Å². The van der Waals surface area contributed by atoms with Crippen LogP contribution in [0.4, 0.5) is 17.1 Å². The number of hydrogen-bond acceptors (Lipinski definition) is 4. The molecule has 2 aromatic rings. The summed E-state index contributed by atoms with van der Waals surface area (Å²) in [6.45, 7) is 3.26. The smallest absolute Gasteiger partial charge is 0.246 e. The van der Waals surface area contributed by atoms with Crippen molar-refractivity contribution in [2.75, 3.05) is 55.0 Å². The van der Waals surface area contributed by atoms with Crippen molar-refractivity contribution in [1.29, 1.82) is 0 Å². The Bertz CT molecular complexity index is 718. The van der Waals surface area contributed by atoms with Crippen LogP contribution in [0.25, 0.3) is 0 Å². The maximum absolute atomic E-state index is 12.5. The van der Waals surface area contributed by atoms with Crippen molar-refractivity contribution >= 4 is 34.6 Å². The first-order valence-electron chi connectivity index (χ1n) is 8.33. The van der Waals surface area contributed by atoms with Gasteiger partial charge in [-0.3, -0.25) is 4.79 Å². The maximum atomic E-state index is 12.5. The van der Waals surface area contributed by atoms with Gasteiger partial charge < -0.3 is 19.9 Å². The van der Waals surface area contributed by atoms with Crippen molar-refractivity contribution < 1.29 is 9.53 Å². The van der Waals surface area contributed by atoms with Crippen molar-refractivity contribution in [2.45, 2.75) is 0 Å². The molecule has 1 N–H and O–H groups in total. The Hall–Kier alpha value is -2.24. The second-order valence-corrected chi connectivity index (χ2v) is 6.34. The SMILES string of the molecule is CN(C(=O)CNc1cc(Cl)ccc1N1CCOCC1)c1ccccc1. The number of nitrogens with one attached hydrogen (secondary N) is 1. The van der Waals surface area contributed by atoms with Crippen molar-refractivity contribution in [3.63, 3.8) is 0 Å². The summed E-state index contributed by atoms with van der Waals surface area (Å²) in [7, 11) is 1.78. The lowest BCUT2D eigenvalue weighted by atomic mass is 10.2. The monoisotopic (exact) mass is 359 g/mol. The number of carbonyl (C=O) groups is 1. The Morgan fingerprint density at radius 2 is 1.92 bits per heavy atom. The summed E-state index contributed by atoms with van der Waals surface area (Å²) in [5, 5.41) is 3.89. The molecule has 1 fully saturated rings. The van der Waals surface area contributed by atoms with Crippen LogP contribution in [0.5, 0.6) is 0 Å². The number of rotatable bonds is 5. The molecule has 0 saturated carbocycles. The van der Waals surface area contributed by atoms with E-state index in [-0.39, 0.29) is 12.5 Å². The minimum atomic E-state index is -0.0147. The molecule has 0 aliphatic carbocycles. The van der Waals surface area contributed by atoms with Crippen LogP contribution in [0, 0.1) is 0 Å². The lowest BCUT2D eigenvalue weighted by Crippen LogP contribution is -2.37. The number of nitrogens with zero attached hydrogens (tertiary/aromatic N) is 2. The highest BCUT2D eigenvalue weighted by atomic mass is 35.5. The molecule has 1 saturated heterocycles. The first kappa shape index (κ1) is 17.6. The number of hydrogen-bond donors (Lipinski definition) is 1. The Labute approximate surface area is 153 Å². The molecule has 1 aliphatic rings. The minimum Gasteiger partial charge on any atom is -0.378 e. The summed E-state index contributed by atoms with van der Waals surface area (Å²) in [6.07, 6.45) is 0. The topological polar surface area (TPSA) is 44.8 Å². The molecule has 1 amide bonds. The van der Waals surface area contributed by atoms with Gasteiger partial charge in [-0.15, -0.1) is 0 Å². The second-order valence-electron chi connectivity index (χ2n) is 5.90. The number of ether oxygens (including phenoxy) is 1. The number of halogens is 1. The zero-order valence-corrected chi connectivity index (χ0v) is 15.0. The van der Waals surface area contributed by atoms with Gasteiger partial charge in [-0.25, -0.2) is 0 Å². The van der Waals surface area contributed by atoms with Gasteiger partial charge in [0.25, 0.3) is 0 Å². The van der Waals surface area contributed by atoms with Crippen LogP contribution < -0.4 is 15.1 Å². The Kier molecular flexibility index (Phi) is 5.79. The Morgan fingerprint density at radius 1 is 1.20 bits per heavy atom. The molecular formula is C19H22ClN3O2. The number of anilines is 3. The van der Waals surface area contributed by atoms with Crippen molar-refractivity contribution in [3.05, 3.63) is 53.6 Å². The lowest BCUT2D eigenvalue weighted by molar-refractivity contribution is -0.116. The van der Waals surface area contributed by atoms with E-state index in [2.05, 4.69) is 10.2 Å². The summed E-state index contributed by atoms with van der Waals surface area (Å²) in [5.74, 6) is -0.0147. The number of morpholine rings is 1. The normalized spacial score (nSPS) is 14.2. The van der Waals surface area contributed by atoms with Crippen LogP contribution in [0.15, 0.2) is 48.5 Å². The summed E-state index contributed by atoms with van der Waals surface area (Å²) in [5.41, 5.74) is 2.78. The molecular weight excluding hydrogens is 338 g/mol. The van der Waals surface area contributed by atoms with Gasteiger partial charge in [0.1, 0.15) is 0 Å². The molecule has 2 aromatic carbocycles. The first-order chi connectivity index (χ1) is 12.1. The molecule has 6 heteroatoms. The number of amides is 1. The summed E-state index contributed by atoms with van der Waals surface area (Å²) in [6, 6.07) is 15.3. The average molecular weight is 360 g/mol. The molecule has 0 bridgehead atoms. The van der Waals surface area contributed by atoms with E-state index in [0.29, 0.717) is 18.2 Å². The Morgan fingerprint density at radius 3 is 2.64 bits per heavy atom. The van der Waals surface area contributed by atoms with Gasteiger partial charge >= 0.3 is 0 Å². The van der Waals surface area contributed by atoms with Crippen molar-refractivity contribution in [3.8, 4) is 0 Å². The molecule has 1 heterocycles. The fraction of sp³-hybridized carbons (Fsp3) is 0.316. The molecule has 1 aliphatic heterocycles. The molecule has 0 radical (unpaired) electrons. The van der Waals surface area contributed by atoms with Crippen LogP contribution in [-0.2, 0) is 9.53 Å². The lowest BCUT2D eigenvalue weighted by Gasteiger charge is -2.31. The molecule has 25 heavy (non-hydrogen) atoms. The number of carbonyl (C=O) groups excluding carboxylic acids is 1. The predicted octanol–water partition coefficient (Wildman–Crippen LogP) is 3.25. The van der Waals surface area contributed by atoms with E-state index < -0.39 is 0 Å². The third kappa shape index (κ3) is 4.44. The Balaban J connectivity index is 1.69. The second kappa shape index (κ2) is 8.23. The van der Waals surface area contributed by atoms with Gasteiger partial charge in [0, 0.05) is 30.8 Å². The minimum absolute atomic E-state index is 0.0147. The summed E-state index contributed by atoms with van der Waals surface area (Å²) in [4.78, 5) is 16.4. The predicted molar refractivity (Wildman–Crippen MR) is 103 cm³/mol. The first-order valence-corrected chi connectivity index (χ1v) is 8.70. The van der Waals surface area contributed by atoms with E-state index in [4.69, 9.17) is 16.3 Å². The fourth-order valence-corrected chi connectivity index (χ4v) is 2.99. The van der Waals surface area contributed by atoms with E-state index in [1.807, 2.05) is 48.5 Å². The maximum Gasteiger partial charge on any atom is 0.246 e. The van der Waals surface area contributed by atoms with Gasteiger partial charge in [-0.05, 0) is 30.3 Å². The summed E-state index contributed by atoms with van der Waals surface area (Å²) >= 11 is 6.15. The van der Waals surface area contributed by atoms with Gasteiger partial charge in [-0.2, -0.15) is 0 Å². The standard InChI is InChI=1S/C19H22ClN3O2/c1-22(16-5-3-2-4-6-16)19(24)14-21-17-13-15(20)7-8-18(17)23-9-11-25-12-10-23/h2-8,13,21H,9-12,14H2,1H3. The van der Waals surface area contributed by atoms with Gasteiger partial charge in [-0.1, -0.05) is 29.8 Å². The summed E-state index contributed by atoms with van der Waals surface area (Å²) < 4.78 is 5.41. The van der Waals surface area contributed by atoms with Crippen LogP contribution in [-0.4, -0.2) is 45.8 Å². The quantitative estimate of drug-likeness (QED) is 0.890. The van der Waals surface area contributed by atoms with Crippen LogP contribution in [0.1, 0.15) is 0 Å². The van der Waals surface area contributed by atoms with E-state index in [1.54, 1.807) is 11.9 Å². The molecule has 5 nitrogen and oxygen atoms in total. The highest BCUT2D eigenvalue weighted by Gasteiger charge is 2.16. The van der Waals surface area contributed by atoms with E-state index in [0.717, 1.165) is 30.2 Å². The van der Waals surface area contributed by atoms with E-state index in [9.17, 15) is 4.79 Å². The molecule has 0 atom stereocenters. The van der Waals surface area contributed by atoms with Crippen LogP contribution in [0.3, 0.4) is 0 Å². The number of likely N-dealkylation sites (N-methyl/N-ethyl adjacent to an activating group) is 1. The highest BCUT2D eigenvalue weighted by molar-refractivity contribution is 6.31. The molecule has 0 aromatic heterocycles. The van der Waals surface area contributed by atoms with Crippen LogP contribution in [0.2, 0.25) is 5.02 Å². The number of benzene rings is 2. The third-order valence-corrected chi connectivity index (χ3v) is 4.49. The van der Waals surface area contributed by atoms with E-state index >= 15 is 0 Å². The third-order valence-electron chi connectivity index (χ3n) is 4.26. The zero-order valence-electron chi connectivity index (χ0n) is 14.2. The molecule has 132 valence electrons. The van der Waals surface area contributed by atoms with Crippen LogP contribution >= 0.6 is 11.6 Å². The van der Waals surface area contributed by atoms with E-state index in [1.165, 1.54) is 0 Å². The highest BCUT2D eigenvalue weighted by Crippen LogP contribution is 2.29. The van der Waals surface area contributed by atoms with Gasteiger partial charge in [0.05, 0.1) is 31.1 Å². The molecule has 0 spiro atoms. The van der Waals surface area contributed by atoms with Crippen molar-refractivity contribution in [1.82, 2.24) is 0 Å². The zero-order chi connectivity index (χ0) is 17.6. The van der Waals surface area contributed by atoms with Gasteiger partial charge in [0.15, 0.2) is 0 Å². The molecule has 0 unspecified atom stereocenters. The largest absolute Gasteiger partial charge is 0.378 e. The fourth-order valence-electron chi connectivity index (χ4n) is 2.81. The average Bonchev–Trinajstić information content (AvgIpc) is 2.67.